The minimum atomic E-state index is -0.510. The molecule has 2 rings (SSSR count). The molecule has 0 atom stereocenters. The first kappa shape index (κ1) is 17.0. The number of benzene rings is 1. The maximum Gasteiger partial charge on any atom is 0.498 e. The molecule has 1 fully saturated rings. The van der Waals surface area contributed by atoms with Gasteiger partial charge in [0.15, 0.2) is 11.5 Å². The molecule has 0 saturated carbocycles. The van der Waals surface area contributed by atoms with Gasteiger partial charge in [0.1, 0.15) is 5.75 Å². The van der Waals surface area contributed by atoms with Crippen molar-refractivity contribution in [2.45, 2.75) is 45.8 Å². The van der Waals surface area contributed by atoms with E-state index in [1.807, 2.05) is 46.8 Å². The standard InChI is InChI=1S/C16H25BO5/c1-8-20-14-10-12(18-6)11(9-13(14)19-7)17-21-15(2,3)16(4,5)22-17/h9-10H,8H2,1-7H3. The predicted molar refractivity (Wildman–Crippen MR) is 86.4 cm³/mol. The lowest BCUT2D eigenvalue weighted by atomic mass is 9.78. The molecule has 0 N–H and O–H groups in total. The summed E-state index contributed by atoms with van der Waals surface area (Å²) in [5.41, 5.74) is -0.0234. The third kappa shape index (κ3) is 2.90. The number of methoxy groups -OCH3 is 2. The van der Waals surface area contributed by atoms with Crippen molar-refractivity contribution in [3.05, 3.63) is 12.1 Å². The van der Waals surface area contributed by atoms with Gasteiger partial charge in [-0.2, -0.15) is 0 Å². The molecule has 1 aliphatic heterocycles. The molecule has 122 valence electrons. The van der Waals surface area contributed by atoms with E-state index in [1.54, 1.807) is 14.2 Å². The zero-order valence-electron chi connectivity index (χ0n) is 14.5. The number of hydrogen-bond acceptors (Lipinski definition) is 5. The normalized spacial score (nSPS) is 19.1. The molecule has 0 unspecified atom stereocenters. The van der Waals surface area contributed by atoms with Crippen molar-refractivity contribution < 1.29 is 23.5 Å². The molecular formula is C16H25BO5. The van der Waals surface area contributed by atoms with Gasteiger partial charge in [0.2, 0.25) is 0 Å². The van der Waals surface area contributed by atoms with E-state index in [0.717, 1.165) is 5.46 Å². The average Bonchev–Trinajstić information content (AvgIpc) is 2.67. The van der Waals surface area contributed by atoms with Crippen LogP contribution < -0.4 is 19.7 Å². The van der Waals surface area contributed by atoms with E-state index in [2.05, 4.69) is 0 Å². The molecule has 0 aliphatic carbocycles. The molecule has 22 heavy (non-hydrogen) atoms. The fraction of sp³-hybridized carbons (Fsp3) is 0.625. The van der Waals surface area contributed by atoms with Crippen molar-refractivity contribution in [1.82, 2.24) is 0 Å². The number of ether oxygens (including phenoxy) is 3. The summed E-state index contributed by atoms with van der Waals surface area (Å²) in [5.74, 6) is 1.93. The van der Waals surface area contributed by atoms with Gasteiger partial charge in [-0.05, 0) is 40.7 Å². The van der Waals surface area contributed by atoms with Crippen molar-refractivity contribution in [2.24, 2.45) is 0 Å². The first-order valence-corrected chi connectivity index (χ1v) is 7.50. The molecule has 0 bridgehead atoms. The van der Waals surface area contributed by atoms with Gasteiger partial charge < -0.3 is 23.5 Å². The highest BCUT2D eigenvalue weighted by molar-refractivity contribution is 6.63. The summed E-state index contributed by atoms with van der Waals surface area (Å²) >= 11 is 0. The van der Waals surface area contributed by atoms with Crippen LogP contribution in [0.5, 0.6) is 17.2 Å². The highest BCUT2D eigenvalue weighted by atomic mass is 16.7. The molecule has 1 heterocycles. The Morgan fingerprint density at radius 1 is 0.909 bits per heavy atom. The third-order valence-corrected chi connectivity index (χ3v) is 4.32. The lowest BCUT2D eigenvalue weighted by Crippen LogP contribution is -2.41. The van der Waals surface area contributed by atoms with Gasteiger partial charge in [0, 0.05) is 11.5 Å². The summed E-state index contributed by atoms with van der Waals surface area (Å²) in [7, 11) is 2.72. The highest BCUT2D eigenvalue weighted by Crippen LogP contribution is 2.38. The maximum absolute atomic E-state index is 6.09. The Bertz CT molecular complexity index is 526. The maximum atomic E-state index is 6.09. The van der Waals surface area contributed by atoms with E-state index in [9.17, 15) is 0 Å². The van der Waals surface area contributed by atoms with Crippen LogP contribution in [0.4, 0.5) is 0 Å². The second kappa shape index (κ2) is 6.01. The Morgan fingerprint density at radius 2 is 1.45 bits per heavy atom. The molecule has 0 radical (unpaired) electrons. The van der Waals surface area contributed by atoms with Crippen molar-refractivity contribution in [1.29, 1.82) is 0 Å². The van der Waals surface area contributed by atoms with Crippen LogP contribution in [0.1, 0.15) is 34.6 Å². The van der Waals surface area contributed by atoms with Gasteiger partial charge >= 0.3 is 7.12 Å². The summed E-state index contributed by atoms with van der Waals surface area (Å²) < 4.78 is 28.7. The largest absolute Gasteiger partial charge is 0.498 e. The second-order valence-corrected chi connectivity index (χ2v) is 6.27. The van der Waals surface area contributed by atoms with Crippen LogP contribution in [0.25, 0.3) is 0 Å². The first-order chi connectivity index (χ1) is 10.3. The third-order valence-electron chi connectivity index (χ3n) is 4.32. The summed E-state index contributed by atoms with van der Waals surface area (Å²) in [6, 6.07) is 3.66. The van der Waals surface area contributed by atoms with Gasteiger partial charge in [-0.25, -0.2) is 0 Å². The Labute approximate surface area is 133 Å². The Balaban J connectivity index is 2.43. The van der Waals surface area contributed by atoms with Gasteiger partial charge in [-0.1, -0.05) is 0 Å². The summed E-state index contributed by atoms with van der Waals surface area (Å²) in [6.45, 7) is 10.6. The quantitative estimate of drug-likeness (QED) is 0.782. The van der Waals surface area contributed by atoms with Crippen molar-refractivity contribution in [3.63, 3.8) is 0 Å². The van der Waals surface area contributed by atoms with E-state index in [-0.39, 0.29) is 0 Å². The van der Waals surface area contributed by atoms with Crippen LogP contribution >= 0.6 is 0 Å². The molecule has 0 aromatic heterocycles. The van der Waals surface area contributed by atoms with Crippen molar-refractivity contribution in [3.8, 4) is 17.2 Å². The van der Waals surface area contributed by atoms with E-state index in [0.29, 0.717) is 23.9 Å². The van der Waals surface area contributed by atoms with Crippen molar-refractivity contribution in [2.75, 3.05) is 20.8 Å². The highest BCUT2D eigenvalue weighted by Gasteiger charge is 2.52. The van der Waals surface area contributed by atoms with Gasteiger partial charge in [-0.3, -0.25) is 0 Å². The Hall–Kier alpha value is -1.40. The van der Waals surface area contributed by atoms with E-state index in [4.69, 9.17) is 23.5 Å². The van der Waals surface area contributed by atoms with Crippen LogP contribution in [0.15, 0.2) is 12.1 Å². The minimum Gasteiger partial charge on any atom is -0.497 e. The molecule has 0 amide bonds. The zero-order valence-corrected chi connectivity index (χ0v) is 14.5. The smallest absolute Gasteiger partial charge is 0.497 e. The second-order valence-electron chi connectivity index (χ2n) is 6.27. The molecule has 0 spiro atoms. The molecular weight excluding hydrogens is 283 g/mol. The number of hydrogen-bond donors (Lipinski definition) is 0. The van der Waals surface area contributed by atoms with Gasteiger partial charge in [0.05, 0.1) is 32.0 Å². The predicted octanol–water partition coefficient (Wildman–Crippen LogP) is 2.40. The molecule has 1 aromatic carbocycles. The van der Waals surface area contributed by atoms with Crippen LogP contribution in [0.3, 0.4) is 0 Å². The van der Waals surface area contributed by atoms with Crippen LogP contribution in [-0.2, 0) is 9.31 Å². The Morgan fingerprint density at radius 3 is 1.91 bits per heavy atom. The first-order valence-electron chi connectivity index (χ1n) is 7.50. The molecule has 1 aromatic rings. The van der Waals surface area contributed by atoms with Gasteiger partial charge in [-0.15, -0.1) is 0 Å². The molecule has 5 nitrogen and oxygen atoms in total. The van der Waals surface area contributed by atoms with E-state index >= 15 is 0 Å². The van der Waals surface area contributed by atoms with Crippen LogP contribution in [-0.4, -0.2) is 39.1 Å². The van der Waals surface area contributed by atoms with Crippen LogP contribution in [0.2, 0.25) is 0 Å². The number of rotatable bonds is 5. The van der Waals surface area contributed by atoms with E-state index in [1.165, 1.54) is 0 Å². The molecule has 1 aliphatic rings. The summed E-state index contributed by atoms with van der Waals surface area (Å²) in [5, 5.41) is 0. The van der Waals surface area contributed by atoms with Gasteiger partial charge in [0.25, 0.3) is 0 Å². The van der Waals surface area contributed by atoms with E-state index < -0.39 is 18.3 Å². The average molecular weight is 308 g/mol. The lowest BCUT2D eigenvalue weighted by Gasteiger charge is -2.32. The topological polar surface area (TPSA) is 46.2 Å². The zero-order chi connectivity index (χ0) is 16.5. The van der Waals surface area contributed by atoms with Crippen LogP contribution in [0, 0.1) is 0 Å². The molecule has 6 heteroatoms. The molecule has 1 saturated heterocycles. The Kier molecular flexibility index (Phi) is 4.63. The fourth-order valence-electron chi connectivity index (χ4n) is 2.32. The monoisotopic (exact) mass is 308 g/mol. The minimum absolute atomic E-state index is 0.408. The van der Waals surface area contributed by atoms with Crippen molar-refractivity contribution >= 4 is 12.6 Å². The SMILES string of the molecule is CCOc1cc(OC)c(B2OC(C)(C)C(C)(C)O2)cc1OC. The lowest BCUT2D eigenvalue weighted by molar-refractivity contribution is 0.00578. The summed E-state index contributed by atoms with van der Waals surface area (Å²) in [4.78, 5) is 0. The summed E-state index contributed by atoms with van der Waals surface area (Å²) in [6.07, 6.45) is 0. The fourth-order valence-corrected chi connectivity index (χ4v) is 2.32.